The molecule has 0 spiro atoms. The number of carbonyl (C=O) groups is 2. The van der Waals surface area contributed by atoms with Gasteiger partial charge in [-0.25, -0.2) is 23.5 Å². The monoisotopic (exact) mass is 500 g/mol. The second kappa shape index (κ2) is 10.8. The summed E-state index contributed by atoms with van der Waals surface area (Å²) in [4.78, 5) is 30.0. The number of carbonyl (C=O) groups excluding carboxylic acids is 1. The molecule has 3 aromatic rings. The molecule has 1 fully saturated rings. The van der Waals surface area contributed by atoms with Crippen LogP contribution in [-0.4, -0.2) is 50.7 Å². The number of rotatable bonds is 4. The Morgan fingerprint density at radius 2 is 1.83 bits per heavy atom. The number of pyridine rings is 2. The number of nitrogens with zero attached hydrogens (tertiary/aromatic N) is 3. The number of fused-ring (bicyclic) bond motifs is 1. The number of alkyl halides is 5. The molecule has 0 bridgehead atoms. The van der Waals surface area contributed by atoms with Crippen LogP contribution in [0.25, 0.3) is 5.65 Å². The van der Waals surface area contributed by atoms with E-state index in [1.54, 1.807) is 29.5 Å². The van der Waals surface area contributed by atoms with Crippen molar-refractivity contribution in [3.63, 3.8) is 0 Å². The SMILES string of the molecule is Cc1cccc(C(=O)Nc2cn3cc(C4CCOCC4)nc3cc2C(F)F)n1.O=C(O)C(F)(F)F. The smallest absolute Gasteiger partial charge is 0.475 e. The van der Waals surface area contributed by atoms with Crippen LogP contribution in [0.5, 0.6) is 0 Å². The highest BCUT2D eigenvalue weighted by molar-refractivity contribution is 6.03. The second-order valence-corrected chi connectivity index (χ2v) is 7.68. The minimum Gasteiger partial charge on any atom is -0.475 e. The van der Waals surface area contributed by atoms with Gasteiger partial charge in [0.2, 0.25) is 0 Å². The fraction of sp³-hybridized carbons (Fsp3) is 0.364. The fourth-order valence-corrected chi connectivity index (χ4v) is 3.40. The zero-order chi connectivity index (χ0) is 25.8. The molecule has 1 aliphatic heterocycles. The third-order valence-corrected chi connectivity index (χ3v) is 5.13. The van der Waals surface area contributed by atoms with E-state index in [1.165, 1.54) is 12.3 Å². The summed E-state index contributed by atoms with van der Waals surface area (Å²) in [5, 5.41) is 9.69. The Morgan fingerprint density at radius 1 is 1.17 bits per heavy atom. The summed E-state index contributed by atoms with van der Waals surface area (Å²) in [6, 6.07) is 6.33. The van der Waals surface area contributed by atoms with Crippen molar-refractivity contribution >= 4 is 23.2 Å². The van der Waals surface area contributed by atoms with Crippen molar-refractivity contribution in [2.24, 2.45) is 0 Å². The Balaban J connectivity index is 0.000000429. The van der Waals surface area contributed by atoms with Gasteiger partial charge in [0.05, 0.1) is 11.4 Å². The minimum absolute atomic E-state index is 0.0479. The third kappa shape index (κ3) is 6.72. The molecule has 0 radical (unpaired) electrons. The molecule has 0 saturated carbocycles. The first-order valence-electron chi connectivity index (χ1n) is 10.4. The van der Waals surface area contributed by atoms with E-state index in [2.05, 4.69) is 15.3 Å². The van der Waals surface area contributed by atoms with Crippen LogP contribution >= 0.6 is 0 Å². The summed E-state index contributed by atoms with van der Waals surface area (Å²) < 4.78 is 66.0. The van der Waals surface area contributed by atoms with Crippen molar-refractivity contribution in [1.82, 2.24) is 14.4 Å². The van der Waals surface area contributed by atoms with E-state index in [0.717, 1.165) is 18.5 Å². The van der Waals surface area contributed by atoms with Crippen LogP contribution in [0, 0.1) is 6.92 Å². The number of nitrogens with one attached hydrogen (secondary N) is 1. The number of hydrogen-bond acceptors (Lipinski definition) is 5. The fourth-order valence-electron chi connectivity index (χ4n) is 3.40. The molecule has 4 heterocycles. The van der Waals surface area contributed by atoms with Gasteiger partial charge in [0.25, 0.3) is 12.3 Å². The molecule has 4 rings (SSSR count). The number of aromatic nitrogens is 3. The first-order chi connectivity index (χ1) is 16.5. The Labute approximate surface area is 195 Å². The molecule has 188 valence electrons. The summed E-state index contributed by atoms with van der Waals surface area (Å²) in [6.45, 7) is 3.11. The maximum absolute atomic E-state index is 13.6. The van der Waals surface area contributed by atoms with Crippen LogP contribution in [0.3, 0.4) is 0 Å². The van der Waals surface area contributed by atoms with Crippen LogP contribution in [0.4, 0.5) is 27.6 Å². The first kappa shape index (κ1) is 26.0. The number of aliphatic carboxylic acids is 1. The van der Waals surface area contributed by atoms with Crippen molar-refractivity contribution in [1.29, 1.82) is 0 Å². The highest BCUT2D eigenvalue weighted by atomic mass is 19.4. The maximum atomic E-state index is 13.6. The first-order valence-corrected chi connectivity index (χ1v) is 10.4. The number of hydrogen-bond donors (Lipinski definition) is 2. The van der Waals surface area contributed by atoms with Crippen LogP contribution in [0.2, 0.25) is 0 Å². The lowest BCUT2D eigenvalue weighted by atomic mass is 9.97. The molecule has 1 amide bonds. The molecule has 3 aromatic heterocycles. The molecule has 1 saturated heterocycles. The average Bonchev–Trinajstić information content (AvgIpc) is 3.22. The van der Waals surface area contributed by atoms with E-state index in [4.69, 9.17) is 14.6 Å². The maximum Gasteiger partial charge on any atom is 0.490 e. The summed E-state index contributed by atoms with van der Waals surface area (Å²) in [5.41, 5.74) is 1.92. The van der Waals surface area contributed by atoms with Gasteiger partial charge >= 0.3 is 12.1 Å². The number of carboxylic acids is 1. The summed E-state index contributed by atoms with van der Waals surface area (Å²) in [5.74, 6) is -3.04. The Hall–Kier alpha value is -3.61. The number of carboxylic acid groups (broad SMARTS) is 1. The van der Waals surface area contributed by atoms with Crippen molar-refractivity contribution in [2.75, 3.05) is 18.5 Å². The van der Waals surface area contributed by atoms with Gasteiger partial charge in [-0.1, -0.05) is 6.07 Å². The molecule has 2 N–H and O–H groups in total. The molecule has 13 heteroatoms. The molecular weight excluding hydrogens is 479 g/mol. The van der Waals surface area contributed by atoms with Crippen molar-refractivity contribution in [3.05, 3.63) is 59.3 Å². The lowest BCUT2D eigenvalue weighted by Crippen LogP contribution is -2.21. The van der Waals surface area contributed by atoms with Gasteiger partial charge in [-0.15, -0.1) is 0 Å². The Kier molecular flexibility index (Phi) is 7.99. The third-order valence-electron chi connectivity index (χ3n) is 5.13. The highest BCUT2D eigenvalue weighted by Gasteiger charge is 2.38. The zero-order valence-electron chi connectivity index (χ0n) is 18.4. The zero-order valence-corrected chi connectivity index (χ0v) is 18.4. The lowest BCUT2D eigenvalue weighted by Gasteiger charge is -2.19. The predicted octanol–water partition coefficient (Wildman–Crippen LogP) is 4.75. The standard InChI is InChI=1S/C20H20F2N4O2.C2HF3O2/c1-12-3-2-4-15(23-12)20(27)25-17-11-26-10-16(13-5-7-28-8-6-13)24-18(26)9-14(17)19(21)22;3-2(4,5)1(6)7/h2-4,9-11,13,19H,5-8H2,1H3,(H,25,27);(H,6,7). The Morgan fingerprint density at radius 3 is 2.40 bits per heavy atom. The summed E-state index contributed by atoms with van der Waals surface area (Å²) >= 11 is 0. The molecule has 0 unspecified atom stereocenters. The van der Waals surface area contributed by atoms with Gasteiger partial charge in [0.1, 0.15) is 11.3 Å². The van der Waals surface area contributed by atoms with E-state index < -0.39 is 24.5 Å². The van der Waals surface area contributed by atoms with Crippen molar-refractivity contribution in [2.45, 2.75) is 38.3 Å². The molecular formula is C22H21F5N4O4. The number of imidazole rings is 1. The molecule has 0 aliphatic carbocycles. The normalized spacial score (nSPS) is 14.5. The molecule has 0 atom stereocenters. The number of ether oxygens (including phenoxy) is 1. The topological polar surface area (TPSA) is 106 Å². The van der Waals surface area contributed by atoms with Crippen molar-refractivity contribution < 1.29 is 41.4 Å². The van der Waals surface area contributed by atoms with Crippen LogP contribution in [-0.2, 0) is 9.53 Å². The van der Waals surface area contributed by atoms with Gasteiger partial charge < -0.3 is 19.6 Å². The van der Waals surface area contributed by atoms with E-state index in [1.807, 2.05) is 6.20 Å². The lowest BCUT2D eigenvalue weighted by molar-refractivity contribution is -0.192. The van der Waals surface area contributed by atoms with Crippen LogP contribution < -0.4 is 5.32 Å². The van der Waals surface area contributed by atoms with Crippen LogP contribution in [0.1, 0.15) is 52.6 Å². The van der Waals surface area contributed by atoms with E-state index >= 15 is 0 Å². The predicted molar refractivity (Wildman–Crippen MR) is 114 cm³/mol. The Bertz CT molecular complexity index is 1210. The largest absolute Gasteiger partial charge is 0.490 e. The molecule has 0 aromatic carbocycles. The molecule has 8 nitrogen and oxygen atoms in total. The summed E-state index contributed by atoms with van der Waals surface area (Å²) in [6.07, 6.45) is -2.79. The summed E-state index contributed by atoms with van der Waals surface area (Å²) in [7, 11) is 0. The molecule has 1 aliphatic rings. The van der Waals surface area contributed by atoms with Gasteiger partial charge in [0.15, 0.2) is 0 Å². The number of anilines is 1. The average molecular weight is 500 g/mol. The van der Waals surface area contributed by atoms with Gasteiger partial charge in [-0.3, -0.25) is 4.79 Å². The van der Waals surface area contributed by atoms with Gasteiger partial charge in [-0.05, 0) is 38.0 Å². The van der Waals surface area contributed by atoms with Crippen LogP contribution in [0.15, 0.2) is 36.7 Å². The second-order valence-electron chi connectivity index (χ2n) is 7.68. The number of aryl methyl sites for hydroxylation is 1. The number of halogens is 5. The highest BCUT2D eigenvalue weighted by Crippen LogP contribution is 2.31. The van der Waals surface area contributed by atoms with Gasteiger partial charge in [0, 0.05) is 42.8 Å². The minimum atomic E-state index is -5.08. The number of amides is 1. The van der Waals surface area contributed by atoms with E-state index in [9.17, 15) is 26.7 Å². The quantitative estimate of drug-likeness (QED) is 0.501. The van der Waals surface area contributed by atoms with E-state index in [-0.39, 0.29) is 22.9 Å². The van der Waals surface area contributed by atoms with Gasteiger partial charge in [-0.2, -0.15) is 13.2 Å². The van der Waals surface area contributed by atoms with E-state index in [0.29, 0.717) is 24.6 Å². The molecule has 35 heavy (non-hydrogen) atoms. The van der Waals surface area contributed by atoms with Crippen molar-refractivity contribution in [3.8, 4) is 0 Å².